The minimum absolute atomic E-state index is 0.0668. The Balaban J connectivity index is 1.57. The van der Waals surface area contributed by atoms with Crippen molar-refractivity contribution in [2.45, 2.75) is 31.2 Å². The van der Waals surface area contributed by atoms with Crippen LogP contribution in [0.3, 0.4) is 0 Å². The minimum Gasteiger partial charge on any atom is -0.350 e. The summed E-state index contributed by atoms with van der Waals surface area (Å²) in [6, 6.07) is 24.6. The summed E-state index contributed by atoms with van der Waals surface area (Å²) < 4.78 is 24.8. The Labute approximate surface area is 172 Å². The second-order valence-electron chi connectivity index (χ2n) is 7.16. The highest BCUT2D eigenvalue weighted by Crippen LogP contribution is 2.22. The Kier molecular flexibility index (Phi) is 6.49. The van der Waals surface area contributed by atoms with Gasteiger partial charge in [-0.05, 0) is 42.7 Å². The van der Waals surface area contributed by atoms with Gasteiger partial charge in [-0.3, -0.25) is 4.79 Å². The quantitative estimate of drug-likeness (QED) is 0.617. The van der Waals surface area contributed by atoms with Crippen LogP contribution in [0, 0.1) is 6.92 Å². The van der Waals surface area contributed by atoms with Crippen LogP contribution in [0.2, 0.25) is 0 Å². The second-order valence-corrected chi connectivity index (χ2v) is 9.27. The number of nitrogens with one attached hydrogen (secondary N) is 1. The van der Waals surface area contributed by atoms with E-state index in [0.717, 1.165) is 22.3 Å². The lowest BCUT2D eigenvalue weighted by Gasteiger charge is -2.15. The first-order valence-corrected chi connectivity index (χ1v) is 11.2. The summed E-state index contributed by atoms with van der Waals surface area (Å²) in [5.41, 5.74) is 4.21. The van der Waals surface area contributed by atoms with Crippen molar-refractivity contribution in [2.24, 2.45) is 0 Å². The highest BCUT2D eigenvalue weighted by Gasteiger charge is 2.17. The van der Waals surface area contributed by atoms with Crippen molar-refractivity contribution in [1.82, 2.24) is 5.32 Å². The van der Waals surface area contributed by atoms with Crippen LogP contribution in [0.1, 0.15) is 30.5 Å². The molecule has 1 amide bonds. The molecule has 0 aromatic heterocycles. The minimum atomic E-state index is -3.47. The van der Waals surface area contributed by atoms with E-state index in [1.807, 2.05) is 56.3 Å². The van der Waals surface area contributed by atoms with E-state index < -0.39 is 9.84 Å². The van der Waals surface area contributed by atoms with Crippen molar-refractivity contribution in [1.29, 1.82) is 0 Å². The van der Waals surface area contributed by atoms with Crippen LogP contribution in [0.25, 0.3) is 11.1 Å². The first kappa shape index (κ1) is 20.8. The number of carbonyl (C=O) groups excluding carboxylic acids is 1. The molecule has 150 valence electrons. The highest BCUT2D eigenvalue weighted by atomic mass is 32.2. The molecule has 1 atom stereocenters. The smallest absolute Gasteiger partial charge is 0.221 e. The summed E-state index contributed by atoms with van der Waals surface area (Å²) >= 11 is 0. The van der Waals surface area contributed by atoms with Gasteiger partial charge in [-0.25, -0.2) is 8.42 Å². The standard InChI is InChI=1S/C24H25NO3S/c1-18-8-14-23(15-9-18)29(27,28)17-16-24(26)25-19(2)20-10-12-22(13-11-20)21-6-4-3-5-7-21/h3-15,19H,16-17H2,1-2H3,(H,25,26)/t19-/m0/s1. The molecule has 5 heteroatoms. The van der Waals surface area contributed by atoms with E-state index in [2.05, 4.69) is 17.4 Å². The molecule has 0 unspecified atom stereocenters. The predicted molar refractivity (Wildman–Crippen MR) is 116 cm³/mol. The van der Waals surface area contributed by atoms with Gasteiger partial charge < -0.3 is 5.32 Å². The number of carbonyl (C=O) groups is 1. The van der Waals surface area contributed by atoms with Crippen molar-refractivity contribution in [2.75, 3.05) is 5.75 Å². The molecule has 0 fully saturated rings. The molecular formula is C24H25NO3S. The van der Waals surface area contributed by atoms with Crippen molar-refractivity contribution in [3.05, 3.63) is 90.0 Å². The Morgan fingerprint density at radius 1 is 0.862 bits per heavy atom. The lowest BCUT2D eigenvalue weighted by Crippen LogP contribution is -2.28. The van der Waals surface area contributed by atoms with Crippen molar-refractivity contribution >= 4 is 15.7 Å². The average molecular weight is 408 g/mol. The molecule has 0 aliphatic heterocycles. The van der Waals surface area contributed by atoms with Gasteiger partial charge >= 0.3 is 0 Å². The van der Waals surface area contributed by atoms with E-state index in [-0.39, 0.29) is 29.0 Å². The number of hydrogen-bond donors (Lipinski definition) is 1. The molecule has 1 N–H and O–H groups in total. The lowest BCUT2D eigenvalue weighted by atomic mass is 10.0. The SMILES string of the molecule is Cc1ccc(S(=O)(=O)CCC(=O)N[C@@H](C)c2ccc(-c3ccccc3)cc2)cc1. The topological polar surface area (TPSA) is 63.2 Å². The molecule has 0 radical (unpaired) electrons. The molecule has 0 saturated heterocycles. The fraction of sp³-hybridized carbons (Fsp3) is 0.208. The van der Waals surface area contributed by atoms with Crippen LogP contribution in [0.4, 0.5) is 0 Å². The van der Waals surface area contributed by atoms with Crippen LogP contribution in [0.5, 0.6) is 0 Å². The largest absolute Gasteiger partial charge is 0.350 e. The van der Waals surface area contributed by atoms with Crippen LogP contribution in [-0.2, 0) is 14.6 Å². The summed E-state index contributed by atoms with van der Waals surface area (Å²) in [6.07, 6.45) is -0.0668. The van der Waals surface area contributed by atoms with Crippen LogP contribution in [0.15, 0.2) is 83.8 Å². The normalized spacial score (nSPS) is 12.3. The Morgan fingerprint density at radius 2 is 1.45 bits per heavy atom. The van der Waals surface area contributed by atoms with Gasteiger partial charge in [-0.15, -0.1) is 0 Å². The molecule has 4 nitrogen and oxygen atoms in total. The number of hydrogen-bond acceptors (Lipinski definition) is 3. The molecule has 0 saturated carbocycles. The van der Waals surface area contributed by atoms with Gasteiger partial charge in [0, 0.05) is 6.42 Å². The summed E-state index contributed by atoms with van der Waals surface area (Å²) in [5.74, 6) is -0.484. The van der Waals surface area contributed by atoms with Crippen molar-refractivity contribution in [3.63, 3.8) is 0 Å². The van der Waals surface area contributed by atoms with Crippen LogP contribution in [-0.4, -0.2) is 20.1 Å². The fourth-order valence-electron chi connectivity index (χ4n) is 3.08. The van der Waals surface area contributed by atoms with Gasteiger partial charge in [0.15, 0.2) is 9.84 Å². The maximum Gasteiger partial charge on any atom is 0.221 e. The Hall–Kier alpha value is -2.92. The zero-order valence-electron chi connectivity index (χ0n) is 16.6. The molecule has 0 spiro atoms. The number of benzene rings is 3. The molecule has 3 aromatic carbocycles. The average Bonchev–Trinajstić information content (AvgIpc) is 2.73. The van der Waals surface area contributed by atoms with Crippen LogP contribution >= 0.6 is 0 Å². The Morgan fingerprint density at radius 3 is 2.07 bits per heavy atom. The molecule has 0 aliphatic carbocycles. The predicted octanol–water partition coefficient (Wildman–Crippen LogP) is 4.70. The number of sulfone groups is 1. The van der Waals surface area contributed by atoms with Crippen molar-refractivity contribution in [3.8, 4) is 11.1 Å². The summed E-state index contributed by atoms with van der Waals surface area (Å²) in [5, 5.41) is 2.89. The number of rotatable bonds is 7. The van der Waals surface area contributed by atoms with Gasteiger partial charge in [-0.2, -0.15) is 0 Å². The molecule has 0 bridgehead atoms. The molecule has 0 aliphatic rings. The third kappa shape index (κ3) is 5.55. The van der Waals surface area contributed by atoms with E-state index >= 15 is 0 Å². The fourth-order valence-corrected chi connectivity index (χ4v) is 4.32. The monoisotopic (exact) mass is 407 g/mol. The summed E-state index contributed by atoms with van der Waals surface area (Å²) in [4.78, 5) is 12.5. The lowest BCUT2D eigenvalue weighted by molar-refractivity contribution is -0.121. The molecule has 0 heterocycles. The first-order chi connectivity index (χ1) is 13.8. The van der Waals surface area contributed by atoms with Gasteiger partial charge in [0.25, 0.3) is 0 Å². The number of aryl methyl sites for hydroxylation is 1. The Bertz CT molecular complexity index is 1060. The maximum absolute atomic E-state index is 12.4. The first-order valence-electron chi connectivity index (χ1n) is 9.59. The molecule has 3 aromatic rings. The maximum atomic E-state index is 12.4. The van der Waals surface area contributed by atoms with Crippen LogP contribution < -0.4 is 5.32 Å². The molecule has 29 heavy (non-hydrogen) atoms. The molecule has 3 rings (SSSR count). The van der Waals surface area contributed by atoms with Gasteiger partial charge in [-0.1, -0.05) is 72.3 Å². The number of amides is 1. The van der Waals surface area contributed by atoms with E-state index in [1.165, 1.54) is 0 Å². The van der Waals surface area contributed by atoms with Crippen molar-refractivity contribution < 1.29 is 13.2 Å². The van der Waals surface area contributed by atoms with E-state index in [1.54, 1.807) is 24.3 Å². The van der Waals surface area contributed by atoms with E-state index in [4.69, 9.17) is 0 Å². The molecular weight excluding hydrogens is 382 g/mol. The van der Waals surface area contributed by atoms with Gasteiger partial charge in [0.05, 0.1) is 16.7 Å². The van der Waals surface area contributed by atoms with E-state index in [0.29, 0.717) is 0 Å². The third-order valence-electron chi connectivity index (χ3n) is 4.87. The third-order valence-corrected chi connectivity index (χ3v) is 6.61. The van der Waals surface area contributed by atoms with Gasteiger partial charge in [0.2, 0.25) is 5.91 Å². The highest BCUT2D eigenvalue weighted by molar-refractivity contribution is 7.91. The summed E-state index contributed by atoms with van der Waals surface area (Å²) in [7, 11) is -3.47. The zero-order valence-corrected chi connectivity index (χ0v) is 17.4. The summed E-state index contributed by atoms with van der Waals surface area (Å²) in [6.45, 7) is 3.79. The van der Waals surface area contributed by atoms with Gasteiger partial charge in [0.1, 0.15) is 0 Å². The van der Waals surface area contributed by atoms with E-state index in [9.17, 15) is 13.2 Å². The second kappa shape index (κ2) is 9.05. The zero-order chi connectivity index (χ0) is 20.9.